The number of hydrogen-bond donors (Lipinski definition) is 2. The monoisotopic (exact) mass is 273 g/mol. The molecule has 7 heteroatoms. The summed E-state index contributed by atoms with van der Waals surface area (Å²) in [6.07, 6.45) is -5.76. The molecule has 0 aromatic heterocycles. The molecule has 17 heavy (non-hydrogen) atoms. The first-order valence-corrected chi connectivity index (χ1v) is 4.60. The molecule has 1 aromatic rings. The van der Waals surface area contributed by atoms with E-state index in [0.717, 1.165) is 18.2 Å². The van der Waals surface area contributed by atoms with Gasteiger partial charge in [0.15, 0.2) is 0 Å². The van der Waals surface area contributed by atoms with E-state index >= 15 is 0 Å². The summed E-state index contributed by atoms with van der Waals surface area (Å²) in [4.78, 5) is 0. The molecule has 0 bridgehead atoms. The Morgan fingerprint density at radius 2 is 1.88 bits per heavy atom. The van der Waals surface area contributed by atoms with E-state index in [-0.39, 0.29) is 30.1 Å². The van der Waals surface area contributed by atoms with Crippen molar-refractivity contribution in [2.45, 2.75) is 25.1 Å². The lowest BCUT2D eigenvalue weighted by molar-refractivity contribution is -0.136. The molecule has 0 fully saturated rings. The van der Waals surface area contributed by atoms with Crippen LogP contribution >= 0.6 is 12.4 Å². The van der Waals surface area contributed by atoms with Crippen LogP contribution in [0.2, 0.25) is 0 Å². The Hall–Kier alpha value is -1.01. The molecule has 0 aliphatic heterocycles. The van der Waals surface area contributed by atoms with Crippen LogP contribution in [0.3, 0.4) is 0 Å². The van der Waals surface area contributed by atoms with E-state index in [1.165, 1.54) is 0 Å². The van der Waals surface area contributed by atoms with Gasteiger partial charge >= 0.3 is 6.18 Å². The minimum absolute atomic E-state index is 0. The van der Waals surface area contributed by atoms with Crippen molar-refractivity contribution in [3.63, 3.8) is 0 Å². The van der Waals surface area contributed by atoms with Crippen LogP contribution in [-0.2, 0) is 0 Å². The van der Waals surface area contributed by atoms with Gasteiger partial charge in [-0.2, -0.15) is 13.2 Å². The predicted octanol–water partition coefficient (Wildman–Crippen LogP) is 3.30. The molecule has 0 unspecified atom stereocenters. The van der Waals surface area contributed by atoms with Crippen molar-refractivity contribution >= 4 is 12.4 Å². The molecule has 0 aliphatic rings. The molecule has 0 heterocycles. The third kappa shape index (κ3) is 5.23. The second-order valence-corrected chi connectivity index (χ2v) is 3.46. The molecule has 0 saturated carbocycles. The summed E-state index contributed by atoms with van der Waals surface area (Å²) in [5.41, 5.74) is 5.44. The van der Waals surface area contributed by atoms with Gasteiger partial charge < -0.3 is 10.8 Å². The maximum Gasteiger partial charge on any atom is 0.389 e. The molecule has 98 valence electrons. The highest BCUT2D eigenvalue weighted by molar-refractivity contribution is 5.85. The van der Waals surface area contributed by atoms with Crippen molar-refractivity contribution in [2.24, 2.45) is 5.73 Å². The Morgan fingerprint density at radius 1 is 1.29 bits per heavy atom. The highest BCUT2D eigenvalue weighted by Crippen LogP contribution is 2.30. The van der Waals surface area contributed by atoms with Crippen molar-refractivity contribution in [3.8, 4) is 5.75 Å². The molecule has 2 nitrogen and oxygen atoms in total. The fourth-order valence-corrected chi connectivity index (χ4v) is 1.30. The predicted molar refractivity (Wildman–Crippen MR) is 57.5 cm³/mol. The zero-order valence-electron chi connectivity index (χ0n) is 8.67. The first-order valence-electron chi connectivity index (χ1n) is 4.60. The molecular weight excluding hydrogens is 262 g/mol. The largest absolute Gasteiger partial charge is 0.508 e. The van der Waals surface area contributed by atoms with Gasteiger partial charge in [-0.15, -0.1) is 12.4 Å². The van der Waals surface area contributed by atoms with E-state index in [1.807, 2.05) is 0 Å². The smallest absolute Gasteiger partial charge is 0.389 e. The fraction of sp³-hybridized carbons (Fsp3) is 0.400. The van der Waals surface area contributed by atoms with Crippen molar-refractivity contribution in [1.29, 1.82) is 0 Å². The highest BCUT2D eigenvalue weighted by atomic mass is 35.5. The number of hydrogen-bond acceptors (Lipinski definition) is 2. The summed E-state index contributed by atoms with van der Waals surface area (Å²) < 4.78 is 48.6. The number of phenols is 1. The average Bonchev–Trinajstić information content (AvgIpc) is 2.17. The fourth-order valence-electron chi connectivity index (χ4n) is 1.30. The van der Waals surface area contributed by atoms with Crippen molar-refractivity contribution in [2.75, 3.05) is 0 Å². The van der Waals surface area contributed by atoms with Gasteiger partial charge in [0.1, 0.15) is 11.6 Å². The number of rotatable bonds is 3. The maximum absolute atomic E-state index is 12.8. The van der Waals surface area contributed by atoms with Crippen LogP contribution in [0.15, 0.2) is 18.2 Å². The summed E-state index contributed by atoms with van der Waals surface area (Å²) >= 11 is 0. The van der Waals surface area contributed by atoms with Crippen LogP contribution < -0.4 is 5.73 Å². The number of alkyl halides is 3. The molecule has 0 saturated heterocycles. The van der Waals surface area contributed by atoms with Crippen molar-refractivity contribution in [1.82, 2.24) is 0 Å². The molecule has 1 rings (SSSR count). The maximum atomic E-state index is 12.8. The summed E-state index contributed by atoms with van der Waals surface area (Å²) in [7, 11) is 0. The van der Waals surface area contributed by atoms with E-state index in [4.69, 9.17) is 5.73 Å². The minimum Gasteiger partial charge on any atom is -0.508 e. The van der Waals surface area contributed by atoms with Gasteiger partial charge in [0.25, 0.3) is 0 Å². The second-order valence-electron chi connectivity index (χ2n) is 3.46. The van der Waals surface area contributed by atoms with Crippen LogP contribution in [0.25, 0.3) is 0 Å². The van der Waals surface area contributed by atoms with Crippen LogP contribution in [0, 0.1) is 5.82 Å². The first kappa shape index (κ1) is 16.0. The number of nitrogens with two attached hydrogens (primary N) is 1. The molecule has 0 spiro atoms. The molecule has 3 N–H and O–H groups in total. The van der Waals surface area contributed by atoms with E-state index in [1.54, 1.807) is 0 Å². The first-order chi connectivity index (χ1) is 7.29. The van der Waals surface area contributed by atoms with Crippen LogP contribution in [0.1, 0.15) is 24.4 Å². The van der Waals surface area contributed by atoms with Crippen LogP contribution in [0.5, 0.6) is 5.75 Å². The Kier molecular flexibility index (Phi) is 5.71. The van der Waals surface area contributed by atoms with Gasteiger partial charge in [-0.3, -0.25) is 0 Å². The Balaban J connectivity index is 0.00000256. The third-order valence-electron chi connectivity index (χ3n) is 2.13. The molecular formula is C10H12ClF4NO. The molecule has 0 radical (unpaired) electrons. The van der Waals surface area contributed by atoms with E-state index in [0.29, 0.717) is 0 Å². The number of benzene rings is 1. The Labute approximate surface area is 102 Å². The van der Waals surface area contributed by atoms with E-state index in [2.05, 4.69) is 0 Å². The summed E-state index contributed by atoms with van der Waals surface area (Å²) in [5, 5.41) is 9.31. The normalized spacial score (nSPS) is 13.0. The molecule has 1 atom stereocenters. The second kappa shape index (κ2) is 6.07. The SMILES string of the molecule is Cl.N[C@@H](CCC(F)(F)F)c1cc(F)ccc1O. The minimum atomic E-state index is -4.30. The summed E-state index contributed by atoms with van der Waals surface area (Å²) in [6, 6.07) is 1.99. The number of halogens is 5. The van der Waals surface area contributed by atoms with Gasteiger partial charge in [-0.25, -0.2) is 4.39 Å². The van der Waals surface area contributed by atoms with Gasteiger partial charge in [0.2, 0.25) is 0 Å². The molecule has 1 aromatic carbocycles. The van der Waals surface area contributed by atoms with Gasteiger partial charge in [-0.05, 0) is 24.6 Å². The van der Waals surface area contributed by atoms with Crippen LogP contribution in [-0.4, -0.2) is 11.3 Å². The number of aromatic hydroxyl groups is 1. The topological polar surface area (TPSA) is 46.2 Å². The summed E-state index contributed by atoms with van der Waals surface area (Å²) in [5.74, 6) is -0.939. The van der Waals surface area contributed by atoms with E-state index in [9.17, 15) is 22.7 Å². The van der Waals surface area contributed by atoms with Gasteiger partial charge in [0.05, 0.1) is 0 Å². The standard InChI is InChI=1S/C10H11F4NO.ClH/c11-6-1-2-9(16)7(5-6)8(15)3-4-10(12,13)14;/h1-2,5,8,16H,3-4,15H2;1H/t8-;/m0./s1. The van der Waals surface area contributed by atoms with Gasteiger partial charge in [-0.1, -0.05) is 0 Å². The molecule has 0 aliphatic carbocycles. The Bertz CT molecular complexity index is 370. The average molecular weight is 274 g/mol. The number of phenolic OH excluding ortho intramolecular Hbond substituents is 1. The van der Waals surface area contributed by atoms with Crippen LogP contribution in [0.4, 0.5) is 17.6 Å². The lowest BCUT2D eigenvalue weighted by Gasteiger charge is -2.14. The lowest BCUT2D eigenvalue weighted by Crippen LogP contribution is -2.16. The highest BCUT2D eigenvalue weighted by Gasteiger charge is 2.28. The Morgan fingerprint density at radius 3 is 2.41 bits per heavy atom. The molecule has 0 amide bonds. The van der Waals surface area contributed by atoms with E-state index < -0.39 is 24.5 Å². The van der Waals surface area contributed by atoms with Crippen molar-refractivity contribution < 1.29 is 22.7 Å². The van der Waals surface area contributed by atoms with Crippen molar-refractivity contribution in [3.05, 3.63) is 29.6 Å². The summed E-state index contributed by atoms with van der Waals surface area (Å²) in [6.45, 7) is 0. The lowest BCUT2D eigenvalue weighted by atomic mass is 10.0. The van der Waals surface area contributed by atoms with Gasteiger partial charge in [0, 0.05) is 18.0 Å². The zero-order chi connectivity index (χ0) is 12.3. The zero-order valence-corrected chi connectivity index (χ0v) is 9.48. The quantitative estimate of drug-likeness (QED) is 0.830. The third-order valence-corrected chi connectivity index (χ3v) is 2.13.